The first-order valence-corrected chi connectivity index (χ1v) is 10.6. The highest BCUT2D eigenvalue weighted by Gasteiger charge is 2.23. The molecule has 5 nitrogen and oxygen atoms in total. The minimum Gasteiger partial charge on any atom is -0.481 e. The molecule has 31 heavy (non-hydrogen) atoms. The van der Waals surface area contributed by atoms with E-state index in [2.05, 4.69) is 5.32 Å². The lowest BCUT2D eigenvalue weighted by Crippen LogP contribution is -2.32. The van der Waals surface area contributed by atoms with Gasteiger partial charge in [-0.3, -0.25) is 9.59 Å². The SMILES string of the molecule is C[C@@H](Oc1ccc(-c2ccccc2)cc1)C(=O)Nc1ccccc1C(=O)N1CCCC1. The molecule has 4 rings (SSSR count). The molecule has 1 heterocycles. The maximum absolute atomic E-state index is 12.8. The molecule has 0 aliphatic carbocycles. The van der Waals surface area contributed by atoms with Gasteiger partial charge in [0.25, 0.3) is 11.8 Å². The summed E-state index contributed by atoms with van der Waals surface area (Å²) in [4.78, 5) is 27.4. The number of para-hydroxylation sites is 1. The Morgan fingerprint density at radius 1 is 0.839 bits per heavy atom. The van der Waals surface area contributed by atoms with Gasteiger partial charge in [0.05, 0.1) is 11.3 Å². The van der Waals surface area contributed by atoms with E-state index in [1.54, 1.807) is 19.1 Å². The van der Waals surface area contributed by atoms with Gasteiger partial charge in [-0.15, -0.1) is 0 Å². The number of nitrogens with one attached hydrogen (secondary N) is 1. The molecule has 0 aromatic heterocycles. The summed E-state index contributed by atoms with van der Waals surface area (Å²) < 4.78 is 5.83. The fraction of sp³-hybridized carbons (Fsp3) is 0.231. The van der Waals surface area contributed by atoms with Gasteiger partial charge in [-0.25, -0.2) is 0 Å². The summed E-state index contributed by atoms with van der Waals surface area (Å²) in [5, 5.41) is 2.86. The fourth-order valence-corrected chi connectivity index (χ4v) is 3.72. The van der Waals surface area contributed by atoms with Crippen LogP contribution in [0.25, 0.3) is 11.1 Å². The van der Waals surface area contributed by atoms with Crippen molar-refractivity contribution in [1.82, 2.24) is 4.90 Å². The van der Waals surface area contributed by atoms with Gasteiger partial charge in [0.15, 0.2) is 6.10 Å². The lowest BCUT2D eigenvalue weighted by atomic mass is 10.1. The van der Waals surface area contributed by atoms with Crippen molar-refractivity contribution >= 4 is 17.5 Å². The van der Waals surface area contributed by atoms with Crippen molar-refractivity contribution in [2.24, 2.45) is 0 Å². The predicted molar refractivity (Wildman–Crippen MR) is 122 cm³/mol. The fourth-order valence-electron chi connectivity index (χ4n) is 3.72. The number of hydrogen-bond donors (Lipinski definition) is 1. The van der Waals surface area contributed by atoms with E-state index in [9.17, 15) is 9.59 Å². The van der Waals surface area contributed by atoms with Crippen LogP contribution in [-0.4, -0.2) is 35.9 Å². The quantitative estimate of drug-likeness (QED) is 0.618. The third-order valence-electron chi connectivity index (χ3n) is 5.45. The Bertz CT molecular complexity index is 1040. The third kappa shape index (κ3) is 4.94. The van der Waals surface area contributed by atoms with E-state index < -0.39 is 6.10 Å². The number of benzene rings is 3. The highest BCUT2D eigenvalue weighted by atomic mass is 16.5. The van der Waals surface area contributed by atoms with Crippen molar-refractivity contribution in [2.75, 3.05) is 18.4 Å². The number of carbonyl (C=O) groups excluding carboxylic acids is 2. The molecule has 1 fully saturated rings. The van der Waals surface area contributed by atoms with Crippen LogP contribution < -0.4 is 10.1 Å². The summed E-state index contributed by atoms with van der Waals surface area (Å²) in [7, 11) is 0. The maximum atomic E-state index is 12.8. The zero-order valence-corrected chi connectivity index (χ0v) is 17.6. The van der Waals surface area contributed by atoms with Gasteiger partial charge in [-0.05, 0) is 55.2 Å². The van der Waals surface area contributed by atoms with E-state index in [1.165, 1.54) is 0 Å². The highest BCUT2D eigenvalue weighted by Crippen LogP contribution is 2.24. The smallest absolute Gasteiger partial charge is 0.265 e. The third-order valence-corrected chi connectivity index (χ3v) is 5.45. The molecule has 3 aromatic carbocycles. The average molecular weight is 415 g/mol. The highest BCUT2D eigenvalue weighted by molar-refractivity contribution is 6.04. The topological polar surface area (TPSA) is 58.6 Å². The largest absolute Gasteiger partial charge is 0.481 e. The molecule has 1 atom stereocenters. The molecule has 1 N–H and O–H groups in total. The van der Waals surface area contributed by atoms with Crippen molar-refractivity contribution in [3.05, 3.63) is 84.4 Å². The average Bonchev–Trinajstić information content (AvgIpc) is 3.35. The Labute approximate surface area is 182 Å². The van der Waals surface area contributed by atoms with Gasteiger partial charge in [0, 0.05) is 13.1 Å². The summed E-state index contributed by atoms with van der Waals surface area (Å²) in [6.07, 6.45) is 1.33. The molecule has 2 amide bonds. The second kappa shape index (κ2) is 9.47. The number of amides is 2. The van der Waals surface area contributed by atoms with E-state index in [0.29, 0.717) is 17.0 Å². The van der Waals surface area contributed by atoms with Gasteiger partial charge >= 0.3 is 0 Å². The van der Waals surface area contributed by atoms with Crippen molar-refractivity contribution in [3.8, 4) is 16.9 Å². The lowest BCUT2D eigenvalue weighted by Gasteiger charge is -2.19. The van der Waals surface area contributed by atoms with Crippen LogP contribution in [0.3, 0.4) is 0 Å². The lowest BCUT2D eigenvalue weighted by molar-refractivity contribution is -0.122. The number of likely N-dealkylation sites (tertiary alicyclic amines) is 1. The van der Waals surface area contributed by atoms with Gasteiger partial charge in [0.1, 0.15) is 5.75 Å². The minimum absolute atomic E-state index is 0.0431. The van der Waals surface area contributed by atoms with Crippen LogP contribution in [0.2, 0.25) is 0 Å². The molecule has 0 unspecified atom stereocenters. The monoisotopic (exact) mass is 414 g/mol. The van der Waals surface area contributed by atoms with E-state index in [-0.39, 0.29) is 11.8 Å². The number of hydrogen-bond acceptors (Lipinski definition) is 3. The van der Waals surface area contributed by atoms with Gasteiger partial charge in [-0.2, -0.15) is 0 Å². The summed E-state index contributed by atoms with van der Waals surface area (Å²) in [6, 6.07) is 24.9. The molecule has 0 bridgehead atoms. The van der Waals surface area contributed by atoms with Crippen molar-refractivity contribution in [3.63, 3.8) is 0 Å². The van der Waals surface area contributed by atoms with Crippen LogP contribution in [0.5, 0.6) is 5.75 Å². The maximum Gasteiger partial charge on any atom is 0.265 e. The van der Waals surface area contributed by atoms with Crippen LogP contribution in [0, 0.1) is 0 Å². The molecule has 1 aliphatic heterocycles. The molecule has 1 saturated heterocycles. The number of ether oxygens (including phenoxy) is 1. The van der Waals surface area contributed by atoms with Gasteiger partial charge < -0.3 is 15.0 Å². The van der Waals surface area contributed by atoms with Crippen molar-refractivity contribution in [1.29, 1.82) is 0 Å². The first-order valence-electron chi connectivity index (χ1n) is 10.6. The summed E-state index contributed by atoms with van der Waals surface area (Å²) >= 11 is 0. The Morgan fingerprint density at radius 3 is 2.16 bits per heavy atom. The number of anilines is 1. The number of carbonyl (C=O) groups is 2. The van der Waals surface area contributed by atoms with Crippen molar-refractivity contribution in [2.45, 2.75) is 25.9 Å². The zero-order chi connectivity index (χ0) is 21.6. The number of rotatable bonds is 6. The Morgan fingerprint density at radius 2 is 1.45 bits per heavy atom. The molecule has 3 aromatic rings. The molecule has 1 aliphatic rings. The Kier molecular flexibility index (Phi) is 6.32. The second-order valence-electron chi connectivity index (χ2n) is 7.68. The zero-order valence-electron chi connectivity index (χ0n) is 17.6. The summed E-state index contributed by atoms with van der Waals surface area (Å²) in [5.74, 6) is 0.274. The predicted octanol–water partition coefficient (Wildman–Crippen LogP) is 5.00. The van der Waals surface area contributed by atoms with E-state index in [0.717, 1.165) is 37.1 Å². The van der Waals surface area contributed by atoms with Crippen LogP contribution in [0.1, 0.15) is 30.1 Å². The summed E-state index contributed by atoms with van der Waals surface area (Å²) in [6.45, 7) is 3.23. The standard InChI is InChI=1S/C26H26N2O3/c1-19(31-22-15-13-21(14-16-22)20-9-3-2-4-10-20)25(29)27-24-12-6-5-11-23(24)26(30)28-17-7-8-18-28/h2-6,9-16,19H,7-8,17-18H2,1H3,(H,27,29)/t19-/m1/s1. The first-order chi connectivity index (χ1) is 15.1. The van der Waals surface area contributed by atoms with Crippen LogP contribution in [-0.2, 0) is 4.79 Å². The van der Waals surface area contributed by atoms with Gasteiger partial charge in [0.2, 0.25) is 0 Å². The Balaban J connectivity index is 1.41. The van der Waals surface area contributed by atoms with Crippen molar-refractivity contribution < 1.29 is 14.3 Å². The molecule has 5 heteroatoms. The van der Waals surface area contributed by atoms with Gasteiger partial charge in [-0.1, -0.05) is 54.6 Å². The number of nitrogens with zero attached hydrogens (tertiary/aromatic N) is 1. The molecular weight excluding hydrogens is 388 g/mol. The minimum atomic E-state index is -0.711. The molecule has 0 radical (unpaired) electrons. The Hall–Kier alpha value is -3.60. The van der Waals surface area contributed by atoms with Crippen LogP contribution in [0.4, 0.5) is 5.69 Å². The normalized spacial score (nSPS) is 14.2. The van der Waals surface area contributed by atoms with E-state index in [4.69, 9.17) is 4.74 Å². The molecule has 158 valence electrons. The summed E-state index contributed by atoms with van der Waals surface area (Å²) in [5.41, 5.74) is 3.23. The van der Waals surface area contributed by atoms with Crippen LogP contribution >= 0.6 is 0 Å². The molecule has 0 saturated carbocycles. The van der Waals surface area contributed by atoms with Crippen LogP contribution in [0.15, 0.2) is 78.9 Å². The van der Waals surface area contributed by atoms with E-state index >= 15 is 0 Å². The van der Waals surface area contributed by atoms with E-state index in [1.807, 2.05) is 71.6 Å². The molecular formula is C26H26N2O3. The first kappa shape index (κ1) is 20.7. The molecule has 0 spiro atoms. The second-order valence-corrected chi connectivity index (χ2v) is 7.68.